The second-order valence-corrected chi connectivity index (χ2v) is 5.41. The molecule has 2 atom stereocenters. The topological polar surface area (TPSA) is 46.9 Å². The summed E-state index contributed by atoms with van der Waals surface area (Å²) >= 11 is 0. The van der Waals surface area contributed by atoms with Gasteiger partial charge in [-0.3, -0.25) is 4.79 Å². The van der Waals surface area contributed by atoms with Gasteiger partial charge in [-0.05, 0) is 31.4 Å². The van der Waals surface area contributed by atoms with Crippen molar-refractivity contribution >= 4 is 16.9 Å². The summed E-state index contributed by atoms with van der Waals surface area (Å²) < 4.78 is 2.16. The molecule has 0 bridgehead atoms. The molecule has 4 heteroatoms. The highest BCUT2D eigenvalue weighted by Crippen LogP contribution is 2.37. The highest BCUT2D eigenvalue weighted by Gasteiger charge is 2.38. The predicted molar refractivity (Wildman–Crippen MR) is 74.8 cm³/mol. The van der Waals surface area contributed by atoms with Gasteiger partial charge in [-0.2, -0.15) is 0 Å². The quantitative estimate of drug-likeness (QED) is 0.912. The molecule has 0 saturated heterocycles. The third-order valence-corrected chi connectivity index (χ3v) is 3.93. The van der Waals surface area contributed by atoms with E-state index in [2.05, 4.69) is 27.9 Å². The van der Waals surface area contributed by atoms with Crippen molar-refractivity contribution in [1.29, 1.82) is 0 Å². The van der Waals surface area contributed by atoms with E-state index in [4.69, 9.17) is 0 Å². The maximum Gasteiger partial charge on any atom is 0.223 e. The molecule has 1 N–H and O–H groups in total. The molecule has 4 nitrogen and oxygen atoms in total. The molecule has 1 saturated carbocycles. The van der Waals surface area contributed by atoms with Gasteiger partial charge in [-0.15, -0.1) is 0 Å². The minimum Gasteiger partial charge on any atom is -0.354 e. The third-order valence-electron chi connectivity index (χ3n) is 3.93. The number of carbonyl (C=O) groups excluding carboxylic acids is 1. The molecule has 1 fully saturated rings. The number of nitrogens with one attached hydrogen (secondary N) is 1. The second kappa shape index (κ2) is 4.68. The fourth-order valence-electron chi connectivity index (χ4n) is 2.59. The first-order chi connectivity index (χ1) is 9.16. The number of hydrogen-bond donors (Lipinski definition) is 1. The number of rotatable bonds is 4. The molecular formula is C15H19N3O. The van der Waals surface area contributed by atoms with E-state index in [-0.39, 0.29) is 11.8 Å². The van der Waals surface area contributed by atoms with Crippen molar-refractivity contribution in [2.24, 2.45) is 11.8 Å². The lowest BCUT2D eigenvalue weighted by molar-refractivity contribution is -0.122. The third kappa shape index (κ3) is 2.35. The zero-order valence-electron chi connectivity index (χ0n) is 11.4. The monoisotopic (exact) mass is 257 g/mol. The van der Waals surface area contributed by atoms with Crippen LogP contribution in [0.15, 0.2) is 24.3 Å². The number of carbonyl (C=O) groups is 1. The first kappa shape index (κ1) is 12.2. The molecule has 0 aliphatic heterocycles. The van der Waals surface area contributed by atoms with Crippen LogP contribution in [0.1, 0.15) is 19.2 Å². The van der Waals surface area contributed by atoms with Crippen LogP contribution < -0.4 is 5.32 Å². The Morgan fingerprint density at radius 3 is 2.95 bits per heavy atom. The predicted octanol–water partition coefficient (Wildman–Crippen LogP) is 2.12. The van der Waals surface area contributed by atoms with Crippen LogP contribution in [-0.4, -0.2) is 22.0 Å². The Morgan fingerprint density at radius 1 is 1.47 bits per heavy atom. The van der Waals surface area contributed by atoms with Crippen molar-refractivity contribution in [1.82, 2.24) is 14.9 Å². The minimum atomic E-state index is 0.203. The summed E-state index contributed by atoms with van der Waals surface area (Å²) in [5.74, 6) is 2.02. The normalized spacial score (nSPS) is 21.6. The average molecular weight is 257 g/mol. The summed E-state index contributed by atoms with van der Waals surface area (Å²) in [6.07, 6.45) is 1.04. The number of imidazole rings is 1. The van der Waals surface area contributed by atoms with E-state index in [1.165, 1.54) is 0 Å². The first-order valence-corrected chi connectivity index (χ1v) is 6.86. The smallest absolute Gasteiger partial charge is 0.223 e. The van der Waals surface area contributed by atoms with Crippen LogP contribution in [0.3, 0.4) is 0 Å². The molecule has 1 aliphatic carbocycles. The van der Waals surface area contributed by atoms with Gasteiger partial charge in [0.05, 0.1) is 11.0 Å². The number of fused-ring (bicyclic) bond motifs is 1. The van der Waals surface area contributed by atoms with Gasteiger partial charge < -0.3 is 9.88 Å². The Kier molecular flexibility index (Phi) is 3.01. The Labute approximate surface area is 112 Å². The van der Waals surface area contributed by atoms with Crippen LogP contribution in [0.2, 0.25) is 0 Å². The Hall–Kier alpha value is -1.84. The van der Waals surface area contributed by atoms with Crippen LogP contribution in [-0.2, 0) is 11.3 Å². The number of benzene rings is 1. The number of nitrogens with zero attached hydrogens (tertiary/aromatic N) is 2. The van der Waals surface area contributed by atoms with Crippen molar-refractivity contribution in [2.45, 2.75) is 26.8 Å². The van der Waals surface area contributed by atoms with Crippen molar-refractivity contribution in [3.8, 4) is 0 Å². The van der Waals surface area contributed by atoms with Gasteiger partial charge in [0, 0.05) is 19.0 Å². The van der Waals surface area contributed by atoms with Crippen molar-refractivity contribution in [3.05, 3.63) is 30.1 Å². The van der Waals surface area contributed by atoms with E-state index in [1.807, 2.05) is 25.1 Å². The van der Waals surface area contributed by atoms with Gasteiger partial charge >= 0.3 is 0 Å². The van der Waals surface area contributed by atoms with Crippen LogP contribution in [0.25, 0.3) is 11.0 Å². The fraction of sp³-hybridized carbons (Fsp3) is 0.467. The molecule has 3 rings (SSSR count). The zero-order valence-corrected chi connectivity index (χ0v) is 11.4. The highest BCUT2D eigenvalue weighted by molar-refractivity contribution is 5.81. The fourth-order valence-corrected chi connectivity index (χ4v) is 2.59. The molecule has 1 amide bonds. The molecule has 0 radical (unpaired) electrons. The van der Waals surface area contributed by atoms with Crippen LogP contribution in [0.4, 0.5) is 0 Å². The van der Waals surface area contributed by atoms with Gasteiger partial charge in [0.25, 0.3) is 0 Å². The van der Waals surface area contributed by atoms with Crippen molar-refractivity contribution in [2.75, 3.05) is 6.54 Å². The summed E-state index contributed by atoms with van der Waals surface area (Å²) in [5, 5.41) is 3.02. The maximum absolute atomic E-state index is 11.8. The van der Waals surface area contributed by atoms with Gasteiger partial charge in [-0.25, -0.2) is 4.98 Å². The molecular weight excluding hydrogens is 238 g/mol. The molecule has 0 unspecified atom stereocenters. The Bertz CT molecular complexity index is 617. The van der Waals surface area contributed by atoms with Crippen molar-refractivity contribution in [3.63, 3.8) is 0 Å². The summed E-state index contributed by atoms with van der Waals surface area (Å²) in [6, 6.07) is 8.10. The Balaban J connectivity index is 1.65. The first-order valence-electron chi connectivity index (χ1n) is 6.86. The zero-order chi connectivity index (χ0) is 13.4. The molecule has 2 aromatic rings. The number of para-hydroxylation sites is 2. The molecule has 1 aliphatic rings. The van der Waals surface area contributed by atoms with Gasteiger partial charge in [0.2, 0.25) is 5.91 Å². The second-order valence-electron chi connectivity index (χ2n) is 5.41. The van der Waals surface area contributed by atoms with Crippen LogP contribution >= 0.6 is 0 Å². The number of hydrogen-bond acceptors (Lipinski definition) is 2. The van der Waals surface area contributed by atoms with Crippen LogP contribution in [0, 0.1) is 18.8 Å². The van der Waals surface area contributed by atoms with E-state index in [0.29, 0.717) is 12.5 Å². The van der Waals surface area contributed by atoms with Gasteiger partial charge in [0.1, 0.15) is 5.82 Å². The molecule has 1 aromatic carbocycles. The summed E-state index contributed by atoms with van der Waals surface area (Å²) in [7, 11) is 0. The lowest BCUT2D eigenvalue weighted by Gasteiger charge is -2.08. The van der Waals surface area contributed by atoms with E-state index in [1.54, 1.807) is 0 Å². The summed E-state index contributed by atoms with van der Waals surface area (Å²) in [5.41, 5.74) is 2.15. The molecule has 19 heavy (non-hydrogen) atoms. The highest BCUT2D eigenvalue weighted by atomic mass is 16.2. The van der Waals surface area contributed by atoms with E-state index < -0.39 is 0 Å². The van der Waals surface area contributed by atoms with Crippen molar-refractivity contribution < 1.29 is 4.79 Å². The molecule has 0 spiro atoms. The molecule has 1 heterocycles. The maximum atomic E-state index is 11.8. The SMILES string of the molecule is Cc1nc2ccccc2n1CCNC(=O)[C@H]1C[C@H]1C. The van der Waals surface area contributed by atoms with Crippen LogP contribution in [0.5, 0.6) is 0 Å². The van der Waals surface area contributed by atoms with E-state index in [9.17, 15) is 4.79 Å². The van der Waals surface area contributed by atoms with Gasteiger partial charge in [0.15, 0.2) is 0 Å². The minimum absolute atomic E-state index is 0.203. The summed E-state index contributed by atoms with van der Waals surface area (Å²) in [4.78, 5) is 16.3. The van der Waals surface area contributed by atoms with E-state index >= 15 is 0 Å². The lowest BCUT2D eigenvalue weighted by atomic mass is 10.3. The summed E-state index contributed by atoms with van der Waals surface area (Å²) in [6.45, 7) is 5.57. The van der Waals surface area contributed by atoms with E-state index in [0.717, 1.165) is 29.8 Å². The molecule has 1 aromatic heterocycles. The largest absolute Gasteiger partial charge is 0.354 e. The standard InChI is InChI=1S/C15H19N3O/c1-10-9-12(10)15(19)16-7-8-18-11(2)17-13-5-3-4-6-14(13)18/h3-6,10,12H,7-9H2,1-2H3,(H,16,19)/t10-,12+/m1/s1. The molecule has 100 valence electrons. The number of aromatic nitrogens is 2. The lowest BCUT2D eigenvalue weighted by Crippen LogP contribution is -2.29. The number of aryl methyl sites for hydroxylation is 1. The Morgan fingerprint density at radius 2 is 2.21 bits per heavy atom. The van der Waals surface area contributed by atoms with Gasteiger partial charge in [-0.1, -0.05) is 19.1 Å². The average Bonchev–Trinajstić information content (AvgIpc) is 3.04. The number of amides is 1.